The molecule has 4 aromatic rings. The van der Waals surface area contributed by atoms with Crippen LogP contribution in [0.15, 0.2) is 84.9 Å². The van der Waals surface area contributed by atoms with E-state index in [1.54, 1.807) is 0 Å². The number of carbonyl (C=O) groups excluding carboxylic acids is 3. The molecule has 1 aromatic heterocycles. The fourth-order valence-corrected chi connectivity index (χ4v) is 8.76. The van der Waals surface area contributed by atoms with E-state index in [0.717, 1.165) is 11.1 Å². The zero-order valence-corrected chi connectivity index (χ0v) is 31.3. The summed E-state index contributed by atoms with van der Waals surface area (Å²) in [5.41, 5.74) is 6.43. The number of para-hydroxylation sites is 1. The number of benzene rings is 3. The van der Waals surface area contributed by atoms with Crippen LogP contribution in [0.2, 0.25) is 0 Å². The van der Waals surface area contributed by atoms with Crippen molar-refractivity contribution in [3.8, 4) is 29.6 Å². The van der Waals surface area contributed by atoms with E-state index in [4.69, 9.17) is 26.9 Å². The van der Waals surface area contributed by atoms with E-state index in [-0.39, 0.29) is 31.7 Å². The van der Waals surface area contributed by atoms with E-state index in [1.807, 2.05) is 106 Å². The molecular formula is C41H44N6O6S. The van der Waals surface area contributed by atoms with Gasteiger partial charge in [0.15, 0.2) is 5.82 Å². The molecule has 3 fully saturated rings. The number of fused-ring (bicyclic) bond motifs is 1. The van der Waals surface area contributed by atoms with Crippen molar-refractivity contribution >= 4 is 38.6 Å². The standard InChI is InChI=1S/C41H44N6O6S/c1-5-28-24-41(28,38(50)46-54(51,52)40(20-21-40)23-26-14-8-6-9-15-26)45-35(48)32-22-29(25-47(32)37(49)33(42)39(2,3)4)53-36-30-18-12-13-19-31(30)43-34(44-36)27-16-10-7-11-17-27/h1,6-19,28-29,32-33H,20-25,42H2,2-4H3,(H,45,48)(H,46,50)/t28?,29-,32+,33?,41?/m1/s1. The Morgan fingerprint density at radius 3 is 2.28 bits per heavy atom. The minimum absolute atomic E-state index is 0.00779. The summed E-state index contributed by atoms with van der Waals surface area (Å²) in [7, 11) is -4.15. The first-order valence-corrected chi connectivity index (χ1v) is 19.6. The molecule has 1 aliphatic heterocycles. The summed E-state index contributed by atoms with van der Waals surface area (Å²) in [5, 5.41) is 3.44. The quantitative estimate of drug-likeness (QED) is 0.193. The van der Waals surface area contributed by atoms with Gasteiger partial charge in [-0.15, -0.1) is 12.3 Å². The molecule has 2 heterocycles. The predicted octanol–water partition coefficient (Wildman–Crippen LogP) is 3.75. The summed E-state index contributed by atoms with van der Waals surface area (Å²) in [6.45, 7) is 5.50. The van der Waals surface area contributed by atoms with Crippen LogP contribution in [0.25, 0.3) is 22.3 Å². The number of amides is 3. The fraction of sp³-hybridized carbons (Fsp3) is 0.390. The largest absolute Gasteiger partial charge is 0.472 e. The number of nitrogens with one attached hydrogen (secondary N) is 2. The molecule has 3 aromatic carbocycles. The molecule has 2 aliphatic carbocycles. The Kier molecular flexibility index (Phi) is 9.48. The Labute approximate surface area is 315 Å². The molecular weight excluding hydrogens is 705 g/mol. The molecule has 3 unspecified atom stereocenters. The second kappa shape index (κ2) is 13.8. The van der Waals surface area contributed by atoms with Gasteiger partial charge in [-0.1, -0.05) is 93.6 Å². The Bertz CT molecular complexity index is 2250. The summed E-state index contributed by atoms with van der Waals surface area (Å²) < 4.78 is 35.0. The first-order chi connectivity index (χ1) is 25.7. The predicted molar refractivity (Wildman–Crippen MR) is 204 cm³/mol. The molecule has 280 valence electrons. The van der Waals surface area contributed by atoms with Gasteiger partial charge in [0.25, 0.3) is 5.91 Å². The van der Waals surface area contributed by atoms with Crippen LogP contribution in [0.5, 0.6) is 5.88 Å². The van der Waals surface area contributed by atoms with Crippen molar-refractivity contribution in [1.82, 2.24) is 24.9 Å². The lowest BCUT2D eigenvalue weighted by Crippen LogP contribution is -2.59. The SMILES string of the molecule is C#CC1CC1(NC(=O)[C@@H]1C[C@@H](Oc2nc(-c3ccccc3)nc3ccccc23)CN1C(=O)C(N)C(C)(C)C)C(=O)NS(=O)(=O)C1(Cc2ccccc2)CC1. The number of nitrogens with two attached hydrogens (primary N) is 1. The van der Waals surface area contributed by atoms with Crippen LogP contribution < -0.4 is 20.5 Å². The number of carbonyl (C=O) groups is 3. The highest BCUT2D eigenvalue weighted by atomic mass is 32.2. The zero-order valence-electron chi connectivity index (χ0n) is 30.5. The van der Waals surface area contributed by atoms with Crippen molar-refractivity contribution in [3.05, 3.63) is 90.5 Å². The maximum Gasteiger partial charge on any atom is 0.260 e. The number of nitrogens with zero attached hydrogens (tertiary/aromatic N) is 3. The molecule has 54 heavy (non-hydrogen) atoms. The van der Waals surface area contributed by atoms with Crippen molar-refractivity contribution < 1.29 is 27.5 Å². The molecule has 4 N–H and O–H groups in total. The minimum atomic E-state index is -4.15. The van der Waals surface area contributed by atoms with E-state index in [0.29, 0.717) is 29.6 Å². The highest BCUT2D eigenvalue weighted by Crippen LogP contribution is 2.48. The number of sulfonamides is 1. The number of likely N-dealkylation sites (tertiary alicyclic amines) is 1. The molecule has 0 spiro atoms. The summed E-state index contributed by atoms with van der Waals surface area (Å²) >= 11 is 0. The third kappa shape index (κ3) is 7.03. The number of ether oxygens (including phenoxy) is 1. The van der Waals surface area contributed by atoms with E-state index in [1.165, 1.54) is 4.90 Å². The number of hydrogen-bond donors (Lipinski definition) is 3. The Balaban J connectivity index is 1.14. The van der Waals surface area contributed by atoms with Gasteiger partial charge in [-0.2, -0.15) is 4.98 Å². The van der Waals surface area contributed by atoms with Crippen LogP contribution in [-0.4, -0.2) is 76.0 Å². The van der Waals surface area contributed by atoms with Gasteiger partial charge in [0.1, 0.15) is 17.7 Å². The molecule has 3 amide bonds. The van der Waals surface area contributed by atoms with Gasteiger partial charge in [0.2, 0.25) is 27.7 Å². The number of hydrogen-bond acceptors (Lipinski definition) is 9. The maximum absolute atomic E-state index is 14.3. The molecule has 3 aliphatic rings. The van der Waals surface area contributed by atoms with Crippen LogP contribution in [0.4, 0.5) is 0 Å². The Morgan fingerprint density at radius 1 is 1.00 bits per heavy atom. The van der Waals surface area contributed by atoms with Crippen LogP contribution in [0.1, 0.15) is 52.0 Å². The van der Waals surface area contributed by atoms with Gasteiger partial charge in [0.05, 0.1) is 34.2 Å². The van der Waals surface area contributed by atoms with Crippen LogP contribution in [0.3, 0.4) is 0 Å². The van der Waals surface area contributed by atoms with Gasteiger partial charge in [-0.25, -0.2) is 13.4 Å². The van der Waals surface area contributed by atoms with E-state index < -0.39 is 67.6 Å². The van der Waals surface area contributed by atoms with E-state index in [9.17, 15) is 22.8 Å². The monoisotopic (exact) mass is 748 g/mol. The highest BCUT2D eigenvalue weighted by molar-refractivity contribution is 7.91. The second-order valence-electron chi connectivity index (χ2n) is 15.7. The van der Waals surface area contributed by atoms with Gasteiger partial charge in [-0.05, 0) is 48.8 Å². The average molecular weight is 749 g/mol. The lowest BCUT2D eigenvalue weighted by atomic mass is 9.86. The van der Waals surface area contributed by atoms with Gasteiger partial charge in [0, 0.05) is 12.0 Å². The second-order valence-corrected chi connectivity index (χ2v) is 17.8. The molecule has 13 heteroatoms. The normalized spacial score (nSPS) is 23.5. The Hall–Kier alpha value is -5.32. The first kappa shape index (κ1) is 37.0. The third-order valence-electron chi connectivity index (χ3n) is 10.8. The molecule has 0 radical (unpaired) electrons. The van der Waals surface area contributed by atoms with E-state index in [2.05, 4.69) is 16.0 Å². The van der Waals surface area contributed by atoms with Crippen LogP contribution >= 0.6 is 0 Å². The third-order valence-corrected chi connectivity index (χ3v) is 13.0. The van der Waals surface area contributed by atoms with Crippen molar-refractivity contribution in [2.45, 2.75) is 81.3 Å². The minimum Gasteiger partial charge on any atom is -0.472 e. The maximum atomic E-state index is 14.3. The summed E-state index contributed by atoms with van der Waals surface area (Å²) in [5.74, 6) is 0.495. The van der Waals surface area contributed by atoms with Crippen molar-refractivity contribution in [1.29, 1.82) is 0 Å². The van der Waals surface area contributed by atoms with Gasteiger partial charge in [-0.3, -0.25) is 19.1 Å². The molecule has 7 rings (SSSR count). The van der Waals surface area contributed by atoms with Crippen molar-refractivity contribution in [3.63, 3.8) is 0 Å². The smallest absolute Gasteiger partial charge is 0.260 e. The lowest BCUT2D eigenvalue weighted by Gasteiger charge is -2.33. The highest BCUT2D eigenvalue weighted by Gasteiger charge is 2.64. The molecule has 2 saturated carbocycles. The van der Waals surface area contributed by atoms with Crippen molar-refractivity contribution in [2.75, 3.05) is 6.54 Å². The van der Waals surface area contributed by atoms with Crippen molar-refractivity contribution in [2.24, 2.45) is 17.1 Å². The van der Waals surface area contributed by atoms with Crippen LogP contribution in [0, 0.1) is 23.7 Å². The van der Waals surface area contributed by atoms with Crippen LogP contribution in [-0.2, 0) is 30.8 Å². The van der Waals surface area contributed by atoms with Gasteiger partial charge >= 0.3 is 0 Å². The fourth-order valence-electron chi connectivity index (χ4n) is 7.12. The number of rotatable bonds is 11. The first-order valence-electron chi connectivity index (χ1n) is 18.1. The van der Waals surface area contributed by atoms with E-state index >= 15 is 0 Å². The topological polar surface area (TPSA) is 174 Å². The van der Waals surface area contributed by atoms with Gasteiger partial charge < -0.3 is 20.7 Å². The molecule has 1 saturated heterocycles. The number of aromatic nitrogens is 2. The summed E-state index contributed by atoms with van der Waals surface area (Å²) in [6, 6.07) is 24.0. The lowest BCUT2D eigenvalue weighted by molar-refractivity contribution is -0.142. The Morgan fingerprint density at radius 2 is 1.65 bits per heavy atom. The summed E-state index contributed by atoms with van der Waals surface area (Å²) in [6.07, 6.45) is 6.20. The zero-order chi connectivity index (χ0) is 38.5. The molecule has 12 nitrogen and oxygen atoms in total. The molecule has 0 bridgehead atoms. The molecule has 5 atom stereocenters. The summed E-state index contributed by atoms with van der Waals surface area (Å²) in [4.78, 5) is 53.0. The average Bonchev–Trinajstić information content (AvgIpc) is 4.06. The number of terminal acetylenes is 1.